The summed E-state index contributed by atoms with van der Waals surface area (Å²) in [7, 11) is 0. The maximum atomic E-state index is 2.36. The van der Waals surface area contributed by atoms with E-state index in [1.807, 2.05) is 0 Å². The first kappa shape index (κ1) is 14.4. The van der Waals surface area contributed by atoms with Crippen LogP contribution in [0.25, 0.3) is 0 Å². The van der Waals surface area contributed by atoms with Gasteiger partial charge in [-0.15, -0.1) is 0 Å². The summed E-state index contributed by atoms with van der Waals surface area (Å²) in [6, 6.07) is 27.8. The zero-order chi connectivity index (χ0) is 15.4. The molecular weight excluding hydrogens is 266 g/mol. The van der Waals surface area contributed by atoms with E-state index in [4.69, 9.17) is 0 Å². The van der Waals surface area contributed by atoms with Crippen LogP contribution in [0.1, 0.15) is 16.7 Å². The Morgan fingerprint density at radius 1 is 0.682 bits per heavy atom. The van der Waals surface area contributed by atoms with E-state index in [9.17, 15) is 0 Å². The van der Waals surface area contributed by atoms with E-state index in [-0.39, 0.29) is 0 Å². The molecule has 1 heteroatoms. The zero-order valence-electron chi connectivity index (χ0n) is 13.2. The lowest BCUT2D eigenvalue weighted by Crippen LogP contribution is -2.17. The van der Waals surface area contributed by atoms with Gasteiger partial charge in [0.2, 0.25) is 0 Å². The lowest BCUT2D eigenvalue weighted by atomic mass is 10.0. The minimum absolute atomic E-state index is 0.875. The van der Waals surface area contributed by atoms with Crippen molar-refractivity contribution in [3.05, 3.63) is 95.6 Å². The lowest BCUT2D eigenvalue weighted by Gasteiger charge is -2.26. The zero-order valence-corrected chi connectivity index (χ0v) is 13.2. The summed E-state index contributed by atoms with van der Waals surface area (Å²) >= 11 is 0. The topological polar surface area (TPSA) is 3.24 Å². The third-order valence-electron chi connectivity index (χ3n) is 3.96. The molecule has 0 aromatic heterocycles. The summed E-state index contributed by atoms with van der Waals surface area (Å²) in [5, 5.41) is 0. The maximum Gasteiger partial charge on any atom is 0.0484 e. The molecule has 0 aliphatic carbocycles. The van der Waals surface area contributed by atoms with Crippen LogP contribution in [-0.4, -0.2) is 0 Å². The Kier molecular flexibility index (Phi) is 4.24. The molecule has 0 unspecified atom stereocenters. The quantitative estimate of drug-likeness (QED) is 0.600. The number of rotatable bonds is 4. The number of benzene rings is 3. The van der Waals surface area contributed by atoms with Gasteiger partial charge in [-0.2, -0.15) is 0 Å². The molecule has 1 nitrogen and oxygen atoms in total. The number of hydrogen-bond donors (Lipinski definition) is 0. The average Bonchev–Trinajstić information content (AvgIpc) is 2.56. The van der Waals surface area contributed by atoms with Gasteiger partial charge in [-0.05, 0) is 49.2 Å². The third kappa shape index (κ3) is 3.20. The fourth-order valence-corrected chi connectivity index (χ4v) is 2.74. The largest absolute Gasteiger partial charge is 0.337 e. The number of anilines is 2. The predicted octanol–water partition coefficient (Wildman–Crippen LogP) is 5.64. The van der Waals surface area contributed by atoms with Gasteiger partial charge in [-0.1, -0.05) is 60.2 Å². The highest BCUT2D eigenvalue weighted by Gasteiger charge is 2.11. The third-order valence-corrected chi connectivity index (χ3v) is 3.96. The molecule has 3 aromatic carbocycles. The van der Waals surface area contributed by atoms with Crippen LogP contribution in [0, 0.1) is 13.8 Å². The number of hydrogen-bond acceptors (Lipinski definition) is 1. The average molecular weight is 287 g/mol. The number of nitrogens with zero attached hydrogens (tertiary/aromatic N) is 1. The highest BCUT2D eigenvalue weighted by molar-refractivity contribution is 5.63. The minimum atomic E-state index is 0.875. The minimum Gasteiger partial charge on any atom is -0.337 e. The molecule has 22 heavy (non-hydrogen) atoms. The maximum absolute atomic E-state index is 2.36. The summed E-state index contributed by atoms with van der Waals surface area (Å²) in [6.45, 7) is 5.21. The van der Waals surface area contributed by atoms with Crippen LogP contribution in [-0.2, 0) is 6.54 Å². The van der Waals surface area contributed by atoms with Gasteiger partial charge in [0.15, 0.2) is 0 Å². The molecule has 0 atom stereocenters. The van der Waals surface area contributed by atoms with Crippen molar-refractivity contribution in [3.63, 3.8) is 0 Å². The van der Waals surface area contributed by atoms with Crippen LogP contribution < -0.4 is 4.90 Å². The van der Waals surface area contributed by atoms with Gasteiger partial charge in [-0.3, -0.25) is 0 Å². The number of para-hydroxylation sites is 2. The van der Waals surface area contributed by atoms with E-state index in [2.05, 4.69) is 97.6 Å². The molecule has 0 radical (unpaired) electrons. The van der Waals surface area contributed by atoms with Crippen molar-refractivity contribution in [1.29, 1.82) is 0 Å². The van der Waals surface area contributed by atoms with Crippen LogP contribution in [0.15, 0.2) is 78.9 Å². The van der Waals surface area contributed by atoms with Crippen molar-refractivity contribution in [3.8, 4) is 0 Å². The van der Waals surface area contributed by atoms with Gasteiger partial charge in [0.05, 0.1) is 0 Å². The smallest absolute Gasteiger partial charge is 0.0484 e. The monoisotopic (exact) mass is 287 g/mol. The van der Waals surface area contributed by atoms with Crippen LogP contribution in [0.5, 0.6) is 0 Å². The summed E-state index contributed by atoms with van der Waals surface area (Å²) in [6.07, 6.45) is 0. The first-order chi connectivity index (χ1) is 10.7. The number of aryl methyl sites for hydroxylation is 2. The van der Waals surface area contributed by atoms with Gasteiger partial charge in [-0.25, -0.2) is 0 Å². The van der Waals surface area contributed by atoms with Gasteiger partial charge in [0.1, 0.15) is 0 Å². The molecule has 0 spiro atoms. The molecule has 0 saturated heterocycles. The normalized spacial score (nSPS) is 10.5. The van der Waals surface area contributed by atoms with Crippen molar-refractivity contribution < 1.29 is 0 Å². The second-order valence-corrected chi connectivity index (χ2v) is 5.69. The molecule has 0 fully saturated rings. The standard InChI is InChI=1S/C21H21N/c1-17-13-14-19(18(2)15-17)16-22(20-9-5-3-6-10-20)21-11-7-4-8-12-21/h3-15H,16H2,1-2H3. The van der Waals surface area contributed by atoms with Crippen LogP contribution in [0.2, 0.25) is 0 Å². The fourth-order valence-electron chi connectivity index (χ4n) is 2.74. The van der Waals surface area contributed by atoms with Crippen molar-refractivity contribution in [2.45, 2.75) is 20.4 Å². The van der Waals surface area contributed by atoms with Crippen LogP contribution in [0.4, 0.5) is 11.4 Å². The van der Waals surface area contributed by atoms with Crippen LogP contribution in [0.3, 0.4) is 0 Å². The van der Waals surface area contributed by atoms with E-state index >= 15 is 0 Å². The summed E-state index contributed by atoms with van der Waals surface area (Å²) < 4.78 is 0. The van der Waals surface area contributed by atoms with Crippen molar-refractivity contribution in [1.82, 2.24) is 0 Å². The van der Waals surface area contributed by atoms with Crippen LogP contribution >= 0.6 is 0 Å². The van der Waals surface area contributed by atoms with Crippen molar-refractivity contribution in [2.75, 3.05) is 4.90 Å². The van der Waals surface area contributed by atoms with Gasteiger partial charge >= 0.3 is 0 Å². The summed E-state index contributed by atoms with van der Waals surface area (Å²) in [5.74, 6) is 0. The molecule has 3 rings (SSSR count). The van der Waals surface area contributed by atoms with Gasteiger partial charge in [0, 0.05) is 17.9 Å². The van der Waals surface area contributed by atoms with E-state index < -0.39 is 0 Å². The molecule has 0 aliphatic rings. The molecule has 3 aromatic rings. The molecule has 0 amide bonds. The van der Waals surface area contributed by atoms with Gasteiger partial charge < -0.3 is 4.90 Å². The van der Waals surface area contributed by atoms with E-state index in [0.29, 0.717) is 0 Å². The van der Waals surface area contributed by atoms with Gasteiger partial charge in [0.25, 0.3) is 0 Å². The molecule has 110 valence electrons. The lowest BCUT2D eigenvalue weighted by molar-refractivity contribution is 0.962. The predicted molar refractivity (Wildman–Crippen MR) is 94.6 cm³/mol. The summed E-state index contributed by atoms with van der Waals surface area (Å²) in [5.41, 5.74) is 6.45. The Labute approximate surface area is 132 Å². The molecule has 0 saturated carbocycles. The molecule has 0 heterocycles. The highest BCUT2D eigenvalue weighted by atomic mass is 15.1. The molecule has 0 aliphatic heterocycles. The Hall–Kier alpha value is -2.54. The fraction of sp³-hybridized carbons (Fsp3) is 0.143. The first-order valence-electron chi connectivity index (χ1n) is 7.68. The van der Waals surface area contributed by atoms with Crippen molar-refractivity contribution >= 4 is 11.4 Å². The summed E-state index contributed by atoms with van der Waals surface area (Å²) in [4.78, 5) is 2.36. The second-order valence-electron chi connectivity index (χ2n) is 5.69. The van der Waals surface area contributed by atoms with E-state index in [1.165, 1.54) is 28.1 Å². The van der Waals surface area contributed by atoms with E-state index in [0.717, 1.165) is 6.54 Å². The first-order valence-corrected chi connectivity index (χ1v) is 7.68. The highest BCUT2D eigenvalue weighted by Crippen LogP contribution is 2.28. The van der Waals surface area contributed by atoms with E-state index in [1.54, 1.807) is 0 Å². The Bertz CT molecular complexity index is 693. The molecular formula is C21H21N. The Morgan fingerprint density at radius 2 is 1.23 bits per heavy atom. The Balaban J connectivity index is 1.99. The molecule has 0 N–H and O–H groups in total. The SMILES string of the molecule is Cc1ccc(CN(c2ccccc2)c2ccccc2)c(C)c1. The van der Waals surface area contributed by atoms with Crippen molar-refractivity contribution in [2.24, 2.45) is 0 Å². The molecule has 0 bridgehead atoms. The Morgan fingerprint density at radius 3 is 1.73 bits per heavy atom. The second kappa shape index (κ2) is 6.48.